The predicted octanol–water partition coefficient (Wildman–Crippen LogP) is 9.28. The number of Topliss-reactive ketones (excluding diaryl/α,β-unsaturated/α-hetero) is 3. The number of ether oxygens (including phenoxy) is 6. The number of nitrogens with zero attached hydrogens (tertiary/aromatic N) is 3. The third-order valence-corrected chi connectivity index (χ3v) is 20.9. The number of likely N-dealkylation sites (tertiary alicyclic amines) is 1. The molecule has 4 rings (SSSR count). The molecule has 7 amide bonds. The first-order valence-electron chi connectivity index (χ1n) is 36.7. The highest BCUT2D eigenvalue weighted by molar-refractivity contribution is 7.99. The average Bonchev–Trinajstić information content (AvgIpc) is 1.80. The third-order valence-electron chi connectivity index (χ3n) is 20.0. The lowest BCUT2D eigenvalue weighted by Crippen LogP contribution is -2.54. The number of benzene rings is 2. The highest BCUT2D eigenvalue weighted by Crippen LogP contribution is 2.34. The quantitative estimate of drug-likeness (QED) is 0.0178. The standard InChI is InChI=1S/C78H117N7O19S/c1-17-49(10)72(64(99-15)43-66(90)85-35-24-28-60(85)74(100-16)51(12)61(86)37-50(11)73(94)53-25-21-20-22-26-53)83(13)76(96)59(46(4)5)42-63(88)71(48(8)9)84(14)78(98)101-44-52-29-31-55(32-30-52)81-75(95)54(27-23-34-80-77(79)97)38-62(87)70(47(6)7)82-65(89)45-105-36-33-69(93)104-58-40-56(102-67(91)18-2)39-57(41-58)103-68(92)19-3/h18-22,25-26,29-32,46-51,54,56-60,64,70-74,94H,2-3,17,23-24,27-28,33-45H2,1,4-16H3,(H,81,95)(H,82,89)(H3,79,80,97)/t49-,50+,51+,54-,56-,57+,58?,59?,60+,64?,70+,71+,72+,73-,74-/m1/s1. The summed E-state index contributed by atoms with van der Waals surface area (Å²) in [6.45, 7) is 25.6. The molecule has 15 atom stereocenters. The summed E-state index contributed by atoms with van der Waals surface area (Å²) in [5.74, 6) is -8.13. The van der Waals surface area contributed by atoms with E-state index in [2.05, 4.69) is 29.1 Å². The van der Waals surface area contributed by atoms with E-state index in [0.29, 0.717) is 37.1 Å². The van der Waals surface area contributed by atoms with E-state index in [4.69, 9.17) is 34.2 Å². The van der Waals surface area contributed by atoms with Gasteiger partial charge in [0.1, 0.15) is 30.7 Å². The monoisotopic (exact) mass is 1490 g/mol. The fourth-order valence-electron chi connectivity index (χ4n) is 14.0. The fraction of sp³-hybridized carbons (Fsp3) is 0.641. The van der Waals surface area contributed by atoms with Crippen LogP contribution in [0.25, 0.3) is 0 Å². The zero-order chi connectivity index (χ0) is 78.4. The maximum Gasteiger partial charge on any atom is 0.410 e. The minimum Gasteiger partial charge on any atom is -0.462 e. The van der Waals surface area contributed by atoms with Crippen molar-refractivity contribution in [3.05, 3.63) is 91.0 Å². The number of primary amides is 1. The van der Waals surface area contributed by atoms with Gasteiger partial charge in [-0.25, -0.2) is 19.2 Å². The lowest BCUT2D eigenvalue weighted by atomic mass is 9.83. The van der Waals surface area contributed by atoms with Crippen LogP contribution in [0.1, 0.15) is 170 Å². The van der Waals surface area contributed by atoms with Crippen LogP contribution in [0.2, 0.25) is 0 Å². The molecular formula is C78H117N7O19S. The Kier molecular flexibility index (Phi) is 38.2. The van der Waals surface area contributed by atoms with Crippen molar-refractivity contribution >= 4 is 88.5 Å². The number of nitrogens with two attached hydrogens (primary N) is 1. The van der Waals surface area contributed by atoms with E-state index in [-0.39, 0.29) is 136 Å². The number of ketones is 3. The minimum absolute atomic E-state index is 0.0646. The number of nitrogens with one attached hydrogen (secondary N) is 3. The number of hydrogen-bond donors (Lipinski definition) is 5. The zero-order valence-electron chi connectivity index (χ0n) is 64.0. The largest absolute Gasteiger partial charge is 0.462 e. The molecule has 0 bridgehead atoms. The number of hydrogen-bond acceptors (Lipinski definition) is 20. The summed E-state index contributed by atoms with van der Waals surface area (Å²) in [7, 11) is 6.21. The molecule has 1 aliphatic carbocycles. The van der Waals surface area contributed by atoms with E-state index in [1.807, 2.05) is 71.9 Å². The molecule has 2 aromatic rings. The van der Waals surface area contributed by atoms with E-state index in [0.717, 1.165) is 29.5 Å². The molecule has 1 heterocycles. The van der Waals surface area contributed by atoms with Crippen LogP contribution >= 0.6 is 11.8 Å². The van der Waals surface area contributed by atoms with Crippen molar-refractivity contribution < 1.29 is 91.1 Å². The Labute approximate surface area is 624 Å². The minimum atomic E-state index is -0.986. The zero-order valence-corrected chi connectivity index (χ0v) is 64.8. The summed E-state index contributed by atoms with van der Waals surface area (Å²) < 4.78 is 34.2. The molecule has 6 N–H and O–H groups in total. The molecular weight excluding hydrogens is 1370 g/mol. The fourth-order valence-corrected chi connectivity index (χ4v) is 14.7. The number of carbonyl (C=O) groups is 12. The van der Waals surface area contributed by atoms with Crippen LogP contribution in [0.3, 0.4) is 0 Å². The molecule has 0 radical (unpaired) electrons. The summed E-state index contributed by atoms with van der Waals surface area (Å²) in [6.07, 6.45) is -0.624. The number of anilines is 1. The number of rotatable bonds is 45. The molecule has 584 valence electrons. The van der Waals surface area contributed by atoms with Gasteiger partial charge in [-0.15, -0.1) is 0 Å². The van der Waals surface area contributed by atoms with E-state index >= 15 is 0 Å². The van der Waals surface area contributed by atoms with Crippen LogP contribution in [-0.4, -0.2) is 198 Å². The van der Waals surface area contributed by atoms with Crippen LogP contribution in [0, 0.1) is 47.3 Å². The predicted molar refractivity (Wildman–Crippen MR) is 398 cm³/mol. The first-order chi connectivity index (χ1) is 49.7. The lowest BCUT2D eigenvalue weighted by Gasteiger charge is -2.41. The smallest absolute Gasteiger partial charge is 0.410 e. The van der Waals surface area contributed by atoms with E-state index < -0.39 is 132 Å². The van der Waals surface area contributed by atoms with Crippen molar-refractivity contribution in [2.24, 2.45) is 53.1 Å². The number of thioether (sulfide) groups is 1. The van der Waals surface area contributed by atoms with Gasteiger partial charge in [0, 0.05) is 121 Å². The maximum absolute atomic E-state index is 14.9. The molecule has 1 saturated carbocycles. The Bertz CT molecular complexity index is 3200. The number of methoxy groups -OCH3 is 2. The van der Waals surface area contributed by atoms with Crippen molar-refractivity contribution in [2.75, 3.05) is 58.2 Å². The average molecular weight is 1490 g/mol. The van der Waals surface area contributed by atoms with Gasteiger partial charge < -0.3 is 69.9 Å². The molecule has 2 aromatic carbocycles. The van der Waals surface area contributed by atoms with Gasteiger partial charge in [0.25, 0.3) is 0 Å². The summed E-state index contributed by atoms with van der Waals surface area (Å²) in [5.41, 5.74) is 6.90. The number of aliphatic hydroxyl groups excluding tert-OH is 1. The van der Waals surface area contributed by atoms with Gasteiger partial charge in [-0.2, -0.15) is 11.8 Å². The topological polar surface area (TPSA) is 352 Å². The second-order valence-corrected chi connectivity index (χ2v) is 30.0. The lowest BCUT2D eigenvalue weighted by molar-refractivity contribution is -0.165. The molecule has 105 heavy (non-hydrogen) atoms. The molecule has 1 saturated heterocycles. The number of amides is 7. The van der Waals surface area contributed by atoms with Crippen LogP contribution in [0.5, 0.6) is 0 Å². The van der Waals surface area contributed by atoms with Crippen LogP contribution in [0.4, 0.5) is 15.3 Å². The molecule has 26 nitrogen and oxygen atoms in total. The van der Waals surface area contributed by atoms with Gasteiger partial charge >= 0.3 is 30.0 Å². The molecule has 0 spiro atoms. The van der Waals surface area contributed by atoms with Crippen molar-refractivity contribution in [3.63, 3.8) is 0 Å². The Hall–Kier alpha value is -8.01. The third kappa shape index (κ3) is 28.3. The number of urea groups is 1. The van der Waals surface area contributed by atoms with Crippen LogP contribution < -0.4 is 21.7 Å². The highest BCUT2D eigenvalue weighted by Gasteiger charge is 2.45. The normalized spacial score (nSPS) is 19.0. The Morgan fingerprint density at radius 3 is 1.88 bits per heavy atom. The molecule has 2 fully saturated rings. The van der Waals surface area contributed by atoms with Gasteiger partial charge in [-0.1, -0.05) is 131 Å². The van der Waals surface area contributed by atoms with E-state index in [9.17, 15) is 62.6 Å². The molecule has 1 aliphatic heterocycles. The van der Waals surface area contributed by atoms with Gasteiger partial charge in [-0.05, 0) is 78.5 Å². The summed E-state index contributed by atoms with van der Waals surface area (Å²) in [6, 6.07) is 12.0. The van der Waals surface area contributed by atoms with E-state index in [1.165, 1.54) is 19.1 Å². The second kappa shape index (κ2) is 44.8. The summed E-state index contributed by atoms with van der Waals surface area (Å²) in [5, 5.41) is 19.2. The van der Waals surface area contributed by atoms with Crippen molar-refractivity contribution in [1.29, 1.82) is 0 Å². The first-order valence-corrected chi connectivity index (χ1v) is 37.8. The van der Waals surface area contributed by atoms with Crippen LogP contribution in [0.15, 0.2) is 79.9 Å². The Morgan fingerprint density at radius 2 is 1.33 bits per heavy atom. The summed E-state index contributed by atoms with van der Waals surface area (Å²) >= 11 is 1.13. The van der Waals surface area contributed by atoms with Gasteiger partial charge in [0.15, 0.2) is 11.6 Å². The van der Waals surface area contributed by atoms with Crippen LogP contribution in [-0.2, 0) is 83.0 Å². The number of aliphatic hydroxyl groups is 1. The molecule has 3 unspecified atom stereocenters. The Morgan fingerprint density at radius 1 is 0.724 bits per heavy atom. The van der Waals surface area contributed by atoms with Crippen molar-refractivity contribution in [1.82, 2.24) is 25.3 Å². The van der Waals surface area contributed by atoms with Gasteiger partial charge in [-0.3, -0.25) is 38.4 Å². The molecule has 0 aromatic heterocycles. The van der Waals surface area contributed by atoms with Gasteiger partial charge in [0.05, 0.1) is 61.1 Å². The summed E-state index contributed by atoms with van der Waals surface area (Å²) in [4.78, 5) is 166. The second-order valence-electron chi connectivity index (χ2n) is 28.9. The Balaban J connectivity index is 1.35. The van der Waals surface area contributed by atoms with Gasteiger partial charge in [0.2, 0.25) is 23.6 Å². The number of likely N-dealkylation sites (N-methyl/N-ethyl adjacent to an activating group) is 2. The SMILES string of the molecule is C=CC(=O)O[C@@H]1CC(OC(=O)CCSCC(=O)N[C@H](C(=O)C[C@@H](CCCNC(N)=O)C(=O)Nc2ccc(COC(=O)N(C)[C@H](C(=O)CC(C(=O)N(C)[C@H](C(CC(=O)N3CCC[C@H]3[C@H](OC)[C@@H](C)C(=O)C[C@H](C)[C@@H](O)c3ccccc3)OC)[C@H](C)CC)C(C)C)C(C)C)cc2)C(C)C)C[C@H](OC(=O)C=C)C1. The maximum atomic E-state index is 14.9. The number of esters is 3. The number of carbonyl (C=O) groups excluding carboxylic acids is 12. The first kappa shape index (κ1) is 89.4. The molecule has 2 aliphatic rings. The van der Waals surface area contributed by atoms with Crippen molar-refractivity contribution in [2.45, 2.75) is 220 Å². The highest BCUT2D eigenvalue weighted by atomic mass is 32.2. The van der Waals surface area contributed by atoms with Crippen molar-refractivity contribution in [3.8, 4) is 0 Å². The molecule has 27 heteroatoms. The van der Waals surface area contributed by atoms with E-state index in [1.54, 1.807) is 75.9 Å².